The normalized spacial score (nSPS) is 18.6. The number of hydrogen-bond acceptors (Lipinski definition) is 8. The van der Waals surface area contributed by atoms with Gasteiger partial charge in [-0.2, -0.15) is 0 Å². The smallest absolute Gasteiger partial charge is 0.354 e. The van der Waals surface area contributed by atoms with E-state index in [1.165, 1.54) is 35.2 Å². The van der Waals surface area contributed by atoms with Crippen molar-refractivity contribution in [3.8, 4) is 0 Å². The average molecular weight is 569 g/mol. The van der Waals surface area contributed by atoms with Crippen molar-refractivity contribution in [1.29, 1.82) is 0 Å². The van der Waals surface area contributed by atoms with Crippen molar-refractivity contribution in [3.05, 3.63) is 65.2 Å². The van der Waals surface area contributed by atoms with Crippen LogP contribution in [0.2, 0.25) is 0 Å². The largest absolute Gasteiger partial charge is 0.478 e. The van der Waals surface area contributed by atoms with Crippen LogP contribution in [0.4, 0.5) is 10.1 Å². The lowest BCUT2D eigenvalue weighted by Gasteiger charge is -2.34. The summed E-state index contributed by atoms with van der Waals surface area (Å²) >= 11 is 0. The molecule has 41 heavy (non-hydrogen) atoms. The van der Waals surface area contributed by atoms with Gasteiger partial charge < -0.3 is 36.3 Å². The molecular formula is C27H29FN6O7. The lowest BCUT2D eigenvalue weighted by molar-refractivity contribution is -0.162. The first kappa shape index (κ1) is 29.1. The van der Waals surface area contributed by atoms with E-state index in [0.29, 0.717) is 11.3 Å². The van der Waals surface area contributed by atoms with E-state index in [-0.39, 0.29) is 48.8 Å². The molecule has 4 rings (SSSR count). The molecule has 1 fully saturated rings. The van der Waals surface area contributed by atoms with E-state index in [0.717, 1.165) is 0 Å². The minimum Gasteiger partial charge on any atom is -0.478 e. The summed E-state index contributed by atoms with van der Waals surface area (Å²) in [5.41, 5.74) is 6.30. The second kappa shape index (κ2) is 12.6. The van der Waals surface area contributed by atoms with Gasteiger partial charge in [0.15, 0.2) is 12.0 Å². The molecule has 2 aliphatic rings. The molecular weight excluding hydrogens is 539 g/mol. The Morgan fingerprint density at radius 1 is 1.05 bits per heavy atom. The number of alkyl halides is 1. The third kappa shape index (κ3) is 6.66. The molecule has 0 aliphatic carbocycles. The summed E-state index contributed by atoms with van der Waals surface area (Å²) in [4.78, 5) is 55.4. The molecule has 0 spiro atoms. The summed E-state index contributed by atoms with van der Waals surface area (Å²) in [7, 11) is 0. The van der Waals surface area contributed by atoms with E-state index in [4.69, 9.17) is 15.7 Å². The number of oxime groups is 1. The van der Waals surface area contributed by atoms with Gasteiger partial charge in [0.2, 0.25) is 12.1 Å². The molecule has 13 nitrogen and oxygen atoms in total. The number of aliphatic imine (C=N–C) groups is 1. The maximum atomic E-state index is 14.7. The molecule has 0 aromatic heterocycles. The summed E-state index contributed by atoms with van der Waals surface area (Å²) < 4.78 is 20.3. The Kier molecular flexibility index (Phi) is 8.92. The van der Waals surface area contributed by atoms with Gasteiger partial charge in [-0.3, -0.25) is 14.4 Å². The number of fused-ring (bicyclic) bond motifs is 1. The number of benzene rings is 2. The summed E-state index contributed by atoms with van der Waals surface area (Å²) in [5, 5.41) is 26.0. The molecule has 3 atom stereocenters. The van der Waals surface area contributed by atoms with Crippen LogP contribution in [0.25, 0.3) is 0 Å². The number of amides is 3. The van der Waals surface area contributed by atoms with Crippen molar-refractivity contribution in [2.75, 3.05) is 13.1 Å². The fourth-order valence-corrected chi connectivity index (χ4v) is 4.52. The number of amidine groups is 1. The number of carbonyl (C=O) groups is 4. The fourth-order valence-electron chi connectivity index (χ4n) is 4.52. The van der Waals surface area contributed by atoms with Crippen LogP contribution in [0.1, 0.15) is 47.4 Å². The van der Waals surface area contributed by atoms with Gasteiger partial charge in [0.25, 0.3) is 11.8 Å². The number of likely N-dealkylation sites (tertiary alicyclic amines) is 1. The van der Waals surface area contributed by atoms with Crippen LogP contribution in [-0.2, 0) is 19.1 Å². The van der Waals surface area contributed by atoms with Crippen molar-refractivity contribution in [1.82, 2.24) is 15.5 Å². The standard InChI is InChI=1S/C27H29FN6O7/c1-14(30-23(35)16-8-6-15(7-9-16)22(29)33-40)26(37)34-12-10-17(11-13-34)41-25(27(38)39)32-24(36)21-20(28)18-4-2-3-5-19(18)31-21/h2-9,14,17,20,25,40H,10-13H2,1H3,(H2,29,33)(H,30,35)(H,32,36)(H,38,39)/t14?,20?,25-/m0/s1. The van der Waals surface area contributed by atoms with Crippen LogP contribution in [0, 0.1) is 0 Å². The maximum Gasteiger partial charge on any atom is 0.354 e. The number of nitrogens with one attached hydrogen (secondary N) is 2. The monoisotopic (exact) mass is 568 g/mol. The highest BCUT2D eigenvalue weighted by atomic mass is 19.1. The van der Waals surface area contributed by atoms with E-state index >= 15 is 0 Å². The van der Waals surface area contributed by atoms with Gasteiger partial charge in [-0.05, 0) is 38.0 Å². The zero-order chi connectivity index (χ0) is 29.7. The highest BCUT2D eigenvalue weighted by Crippen LogP contribution is 2.36. The number of rotatable bonds is 9. The van der Waals surface area contributed by atoms with Crippen LogP contribution in [0.3, 0.4) is 0 Å². The topological polar surface area (TPSA) is 196 Å². The zero-order valence-electron chi connectivity index (χ0n) is 22.0. The first-order valence-electron chi connectivity index (χ1n) is 12.8. The SMILES string of the molecule is CC(NC(=O)c1ccc(/C(N)=N/O)cc1)C(=O)N1CCC(O[C@H](NC(=O)C2=Nc3ccccc3C2F)C(=O)O)CC1. The predicted molar refractivity (Wildman–Crippen MR) is 144 cm³/mol. The molecule has 1 saturated heterocycles. The van der Waals surface area contributed by atoms with E-state index in [1.807, 2.05) is 0 Å². The quantitative estimate of drug-likeness (QED) is 0.0979. The molecule has 0 bridgehead atoms. The lowest BCUT2D eigenvalue weighted by atomic mass is 10.1. The van der Waals surface area contributed by atoms with Crippen LogP contribution < -0.4 is 16.4 Å². The Morgan fingerprint density at radius 2 is 1.68 bits per heavy atom. The summed E-state index contributed by atoms with van der Waals surface area (Å²) in [6.07, 6.45) is -3.56. The molecule has 0 saturated carbocycles. The number of ether oxygens (including phenoxy) is 1. The van der Waals surface area contributed by atoms with Crippen molar-refractivity contribution < 1.29 is 38.6 Å². The molecule has 2 unspecified atom stereocenters. The number of carbonyl (C=O) groups excluding carboxylic acids is 3. The molecule has 2 aromatic carbocycles. The number of nitrogens with two attached hydrogens (primary N) is 1. The van der Waals surface area contributed by atoms with E-state index in [9.17, 15) is 28.7 Å². The Morgan fingerprint density at radius 3 is 2.29 bits per heavy atom. The first-order chi connectivity index (χ1) is 19.6. The fraction of sp³-hybridized carbons (Fsp3) is 0.333. The van der Waals surface area contributed by atoms with Crippen LogP contribution in [-0.4, -0.2) is 81.9 Å². The van der Waals surface area contributed by atoms with Gasteiger partial charge in [0.1, 0.15) is 11.8 Å². The lowest BCUT2D eigenvalue weighted by Crippen LogP contribution is -2.52. The van der Waals surface area contributed by atoms with Gasteiger partial charge in [-0.1, -0.05) is 35.5 Å². The number of carboxylic acid groups (broad SMARTS) is 1. The van der Waals surface area contributed by atoms with E-state index in [1.54, 1.807) is 25.1 Å². The minimum absolute atomic E-state index is 0.104. The Labute approximate surface area is 233 Å². The maximum absolute atomic E-state index is 14.7. The third-order valence-electron chi connectivity index (χ3n) is 6.76. The van der Waals surface area contributed by atoms with Gasteiger partial charge in [-0.25, -0.2) is 14.2 Å². The number of aliphatic carboxylic acids is 1. The number of para-hydroxylation sites is 1. The van der Waals surface area contributed by atoms with Crippen LogP contribution in [0.15, 0.2) is 58.7 Å². The molecule has 3 amide bonds. The summed E-state index contributed by atoms with van der Waals surface area (Å²) in [5.74, 6) is -3.37. The van der Waals surface area contributed by atoms with Crippen molar-refractivity contribution in [2.24, 2.45) is 15.9 Å². The average Bonchev–Trinajstić information content (AvgIpc) is 3.32. The molecule has 0 radical (unpaired) electrons. The van der Waals surface area contributed by atoms with Crippen LogP contribution >= 0.6 is 0 Å². The number of nitrogens with zero attached hydrogens (tertiary/aromatic N) is 3. The molecule has 2 aromatic rings. The number of piperidine rings is 1. The van der Waals surface area contributed by atoms with E-state index in [2.05, 4.69) is 20.8 Å². The second-order valence-corrected chi connectivity index (χ2v) is 9.53. The van der Waals surface area contributed by atoms with Gasteiger partial charge >= 0.3 is 5.97 Å². The van der Waals surface area contributed by atoms with Gasteiger partial charge in [-0.15, -0.1) is 0 Å². The number of hydrogen-bond donors (Lipinski definition) is 5. The molecule has 216 valence electrons. The summed E-state index contributed by atoms with van der Waals surface area (Å²) in [6, 6.07) is 11.4. The second-order valence-electron chi connectivity index (χ2n) is 9.53. The van der Waals surface area contributed by atoms with Crippen LogP contribution in [0.5, 0.6) is 0 Å². The van der Waals surface area contributed by atoms with Crippen molar-refractivity contribution in [3.63, 3.8) is 0 Å². The zero-order valence-corrected chi connectivity index (χ0v) is 22.0. The van der Waals surface area contributed by atoms with Crippen molar-refractivity contribution in [2.45, 2.75) is 44.3 Å². The Hall–Kier alpha value is -4.85. The van der Waals surface area contributed by atoms with Gasteiger partial charge in [0.05, 0.1) is 11.8 Å². The Balaban J connectivity index is 1.27. The number of halogens is 1. The molecule has 6 N–H and O–H groups in total. The molecule has 2 aliphatic heterocycles. The summed E-state index contributed by atoms with van der Waals surface area (Å²) in [6.45, 7) is 2.01. The first-order valence-corrected chi connectivity index (χ1v) is 12.8. The van der Waals surface area contributed by atoms with Gasteiger partial charge in [0, 0.05) is 29.8 Å². The third-order valence-corrected chi connectivity index (χ3v) is 6.76. The van der Waals surface area contributed by atoms with Crippen molar-refractivity contribution >= 4 is 40.9 Å². The minimum atomic E-state index is -1.78. The molecule has 14 heteroatoms. The molecule has 2 heterocycles. The highest BCUT2D eigenvalue weighted by molar-refractivity contribution is 6.42. The predicted octanol–water partition coefficient (Wildman–Crippen LogP) is 1.23. The van der Waals surface area contributed by atoms with E-state index < -0.39 is 48.0 Å². The Bertz CT molecular complexity index is 1390. The highest BCUT2D eigenvalue weighted by Gasteiger charge is 2.36. The number of carboxylic acids is 1.